The molecule has 0 atom stereocenters. The first-order valence-electron chi connectivity index (χ1n) is 16.6. The molecular formula is C36H52N2O11. The normalized spacial score (nSPS) is 11.9. The third kappa shape index (κ3) is 18.6. The molecule has 0 bridgehead atoms. The Balaban J connectivity index is 0.00000267. The van der Waals surface area contributed by atoms with Crippen LogP contribution in [0, 0.1) is 5.41 Å². The van der Waals surface area contributed by atoms with Gasteiger partial charge in [-0.15, -0.1) is 0 Å². The molecule has 0 spiro atoms. The van der Waals surface area contributed by atoms with Gasteiger partial charge in [-0.05, 0) is 34.1 Å². The first kappa shape index (κ1) is 41.5. The lowest BCUT2D eigenvalue weighted by atomic mass is 9.93. The minimum atomic E-state index is -0.629. The number of benzene rings is 2. The Morgan fingerprint density at radius 3 is 1.49 bits per heavy atom. The third-order valence-electron chi connectivity index (χ3n) is 7.16. The molecule has 272 valence electrons. The van der Waals surface area contributed by atoms with Crippen LogP contribution in [0.2, 0.25) is 0 Å². The Morgan fingerprint density at radius 1 is 0.633 bits per heavy atom. The summed E-state index contributed by atoms with van der Waals surface area (Å²) in [7, 11) is 0. The van der Waals surface area contributed by atoms with E-state index in [0.29, 0.717) is 84.6 Å². The summed E-state index contributed by atoms with van der Waals surface area (Å²) in [5, 5.41) is 5.21. The SMILES string of the molecule is CC(C)(C)CCOCCOCCOCCOCCOCCOCCNC(=O)CNC(=O)OCC1c2ccccc2-c2ccccc21.O=C=O. The van der Waals surface area contributed by atoms with E-state index in [-0.39, 0.29) is 31.1 Å². The highest BCUT2D eigenvalue weighted by atomic mass is 16.6. The van der Waals surface area contributed by atoms with Gasteiger partial charge >= 0.3 is 12.2 Å². The first-order valence-corrected chi connectivity index (χ1v) is 16.6. The molecule has 0 unspecified atom stereocenters. The number of nitrogens with one attached hydrogen (secondary N) is 2. The van der Waals surface area contributed by atoms with E-state index >= 15 is 0 Å². The average Bonchev–Trinajstić information content (AvgIpc) is 3.40. The molecule has 1 aliphatic carbocycles. The zero-order valence-electron chi connectivity index (χ0n) is 29.0. The maximum atomic E-state index is 12.2. The molecule has 0 radical (unpaired) electrons. The molecule has 2 aromatic rings. The van der Waals surface area contributed by atoms with Gasteiger partial charge in [-0.3, -0.25) is 4.79 Å². The predicted molar refractivity (Wildman–Crippen MR) is 180 cm³/mol. The van der Waals surface area contributed by atoms with E-state index < -0.39 is 6.09 Å². The number of rotatable bonds is 24. The zero-order valence-corrected chi connectivity index (χ0v) is 29.0. The van der Waals surface area contributed by atoms with Crippen molar-refractivity contribution in [3.63, 3.8) is 0 Å². The number of carbonyl (C=O) groups is 2. The molecule has 49 heavy (non-hydrogen) atoms. The summed E-state index contributed by atoms with van der Waals surface area (Å²) >= 11 is 0. The molecule has 0 fully saturated rings. The molecular weight excluding hydrogens is 636 g/mol. The Bertz CT molecular complexity index is 1200. The predicted octanol–water partition coefficient (Wildman–Crippen LogP) is 3.59. The fourth-order valence-corrected chi connectivity index (χ4v) is 4.71. The van der Waals surface area contributed by atoms with E-state index in [2.05, 4.69) is 55.7 Å². The van der Waals surface area contributed by atoms with Crippen molar-refractivity contribution in [2.75, 3.05) is 99.0 Å². The van der Waals surface area contributed by atoms with Crippen molar-refractivity contribution in [3.8, 4) is 11.1 Å². The van der Waals surface area contributed by atoms with E-state index in [0.717, 1.165) is 35.3 Å². The van der Waals surface area contributed by atoms with Crippen molar-refractivity contribution >= 4 is 18.2 Å². The highest BCUT2D eigenvalue weighted by molar-refractivity contribution is 5.82. The van der Waals surface area contributed by atoms with Gasteiger partial charge in [0.1, 0.15) is 6.61 Å². The van der Waals surface area contributed by atoms with Crippen LogP contribution in [0.3, 0.4) is 0 Å². The Hall–Kier alpha value is -3.68. The number of ether oxygens (including phenoxy) is 7. The van der Waals surface area contributed by atoms with Crippen LogP contribution in [-0.4, -0.2) is 117 Å². The first-order chi connectivity index (χ1) is 23.8. The van der Waals surface area contributed by atoms with Gasteiger partial charge in [0.15, 0.2) is 0 Å². The molecule has 2 amide bonds. The van der Waals surface area contributed by atoms with E-state index in [4.69, 9.17) is 42.7 Å². The van der Waals surface area contributed by atoms with Gasteiger partial charge in [-0.1, -0.05) is 69.3 Å². The largest absolute Gasteiger partial charge is 0.449 e. The minimum absolute atomic E-state index is 0.0316. The van der Waals surface area contributed by atoms with Crippen LogP contribution in [-0.2, 0) is 47.5 Å². The van der Waals surface area contributed by atoms with E-state index in [9.17, 15) is 9.59 Å². The van der Waals surface area contributed by atoms with Gasteiger partial charge in [0, 0.05) is 19.1 Å². The Kier molecular flexibility index (Phi) is 21.4. The van der Waals surface area contributed by atoms with Crippen LogP contribution in [0.1, 0.15) is 44.2 Å². The van der Waals surface area contributed by atoms with Crippen molar-refractivity contribution in [3.05, 3.63) is 59.7 Å². The van der Waals surface area contributed by atoms with E-state index in [1.54, 1.807) is 0 Å². The number of hydrogen-bond donors (Lipinski definition) is 2. The molecule has 0 aromatic heterocycles. The summed E-state index contributed by atoms with van der Waals surface area (Å²) in [5.41, 5.74) is 4.88. The van der Waals surface area contributed by atoms with Crippen molar-refractivity contribution in [2.24, 2.45) is 5.41 Å². The monoisotopic (exact) mass is 688 g/mol. The molecule has 0 saturated heterocycles. The van der Waals surface area contributed by atoms with Gasteiger partial charge < -0.3 is 43.8 Å². The second kappa shape index (κ2) is 25.3. The topological polar surface area (TPSA) is 157 Å². The second-order valence-corrected chi connectivity index (χ2v) is 12.1. The summed E-state index contributed by atoms with van der Waals surface area (Å²) in [6.07, 6.45) is 0.655. The van der Waals surface area contributed by atoms with Crippen LogP contribution in [0.25, 0.3) is 11.1 Å². The molecule has 1 aliphatic rings. The van der Waals surface area contributed by atoms with Crippen molar-refractivity contribution in [2.45, 2.75) is 33.1 Å². The summed E-state index contributed by atoms with van der Waals surface area (Å²) in [5.74, 6) is -0.352. The van der Waals surface area contributed by atoms with Crippen LogP contribution in [0.4, 0.5) is 4.79 Å². The quantitative estimate of drug-likeness (QED) is 0.155. The van der Waals surface area contributed by atoms with Gasteiger partial charge in [-0.2, -0.15) is 9.59 Å². The maximum Gasteiger partial charge on any atom is 0.407 e. The fraction of sp³-hybridized carbons (Fsp3) is 0.583. The molecule has 3 rings (SSSR count). The molecule has 2 N–H and O–H groups in total. The van der Waals surface area contributed by atoms with Gasteiger partial charge in [0.05, 0.1) is 79.2 Å². The van der Waals surface area contributed by atoms with Crippen LogP contribution in [0.5, 0.6) is 0 Å². The lowest BCUT2D eigenvalue weighted by Crippen LogP contribution is -2.38. The number of carbonyl (C=O) groups excluding carboxylic acids is 4. The summed E-state index contributed by atoms with van der Waals surface area (Å²) in [4.78, 5) is 40.5. The third-order valence-corrected chi connectivity index (χ3v) is 7.16. The molecule has 2 aromatic carbocycles. The van der Waals surface area contributed by atoms with Crippen LogP contribution < -0.4 is 10.6 Å². The number of alkyl carbamates (subject to hydrolysis) is 1. The fourth-order valence-electron chi connectivity index (χ4n) is 4.71. The smallest absolute Gasteiger partial charge is 0.407 e. The van der Waals surface area contributed by atoms with E-state index in [1.807, 2.05) is 24.3 Å². The Labute approximate surface area is 289 Å². The van der Waals surface area contributed by atoms with E-state index in [1.165, 1.54) is 0 Å². The maximum absolute atomic E-state index is 12.2. The summed E-state index contributed by atoms with van der Waals surface area (Å²) in [6.45, 7) is 13.0. The Morgan fingerprint density at radius 2 is 1.04 bits per heavy atom. The molecule has 0 heterocycles. The lowest BCUT2D eigenvalue weighted by Gasteiger charge is -2.17. The standard InChI is InChI=1S/C35H52N2O9.CO2/c1-35(2,3)12-14-40-16-18-42-20-22-44-24-25-45-23-21-43-19-17-41-15-13-36-33(38)26-37-34(39)46-27-32-30-10-6-4-8-28(30)29-9-5-7-11-31(29)32;2-1-3/h4-11,32H,12-27H2,1-3H3,(H,36,38)(H,37,39);. The second-order valence-electron chi connectivity index (χ2n) is 12.1. The molecule has 0 saturated carbocycles. The van der Waals surface area contributed by atoms with Crippen LogP contribution in [0.15, 0.2) is 48.5 Å². The zero-order chi connectivity index (χ0) is 35.6. The van der Waals surface area contributed by atoms with Crippen molar-refractivity contribution < 1.29 is 52.3 Å². The number of amides is 2. The highest BCUT2D eigenvalue weighted by Crippen LogP contribution is 2.44. The number of hydrogen-bond acceptors (Lipinski definition) is 11. The lowest BCUT2D eigenvalue weighted by molar-refractivity contribution is -0.191. The summed E-state index contributed by atoms with van der Waals surface area (Å²) in [6, 6.07) is 16.3. The number of fused-ring (bicyclic) bond motifs is 3. The van der Waals surface area contributed by atoms with Gasteiger partial charge in [-0.25, -0.2) is 4.79 Å². The van der Waals surface area contributed by atoms with Gasteiger partial charge in [0.2, 0.25) is 5.91 Å². The molecule has 13 heteroatoms. The molecule has 0 aliphatic heterocycles. The molecule has 13 nitrogen and oxygen atoms in total. The minimum Gasteiger partial charge on any atom is -0.449 e. The highest BCUT2D eigenvalue weighted by Gasteiger charge is 2.29. The van der Waals surface area contributed by atoms with Crippen molar-refractivity contribution in [1.82, 2.24) is 10.6 Å². The average molecular weight is 689 g/mol. The van der Waals surface area contributed by atoms with Crippen molar-refractivity contribution in [1.29, 1.82) is 0 Å². The van der Waals surface area contributed by atoms with Gasteiger partial charge in [0.25, 0.3) is 0 Å². The van der Waals surface area contributed by atoms with Crippen LogP contribution >= 0.6 is 0 Å². The summed E-state index contributed by atoms with van der Waals surface area (Å²) < 4.78 is 38.4.